The Balaban J connectivity index is 3.01. The van der Waals surface area contributed by atoms with Crippen LogP contribution in [0.4, 0.5) is 0 Å². The van der Waals surface area contributed by atoms with E-state index in [9.17, 15) is 4.79 Å². The molecule has 0 radical (unpaired) electrons. The Morgan fingerprint density at radius 3 is 2.08 bits per heavy atom. The number of aliphatic carboxylic acids is 1. The standard InChI is InChI=1S/C10H18O2/c1-7-5-6-10(4,8(11)12)9(7,2)3/h7H,5-6H2,1-4H3,(H,11,12)/t7-,10+/m1/s1. The average molecular weight is 170 g/mol. The first kappa shape index (κ1) is 9.56. The average Bonchev–Trinajstić information content (AvgIpc) is 2.15. The number of carbonyl (C=O) groups is 1. The molecule has 1 N–H and O–H groups in total. The first-order valence-electron chi connectivity index (χ1n) is 4.56. The fraction of sp³-hybridized carbons (Fsp3) is 0.900. The lowest BCUT2D eigenvalue weighted by Gasteiger charge is -2.37. The number of carboxylic acids is 1. The zero-order valence-corrected chi connectivity index (χ0v) is 8.35. The second-order valence-corrected chi connectivity index (χ2v) is 4.80. The lowest BCUT2D eigenvalue weighted by Crippen LogP contribution is -2.39. The second kappa shape index (κ2) is 2.48. The molecule has 70 valence electrons. The molecule has 1 saturated carbocycles. The van der Waals surface area contributed by atoms with E-state index in [1.807, 2.05) is 6.92 Å². The molecule has 1 rings (SSSR count). The molecule has 2 atom stereocenters. The van der Waals surface area contributed by atoms with Crippen molar-refractivity contribution in [2.75, 3.05) is 0 Å². The minimum Gasteiger partial charge on any atom is -0.481 e. The van der Waals surface area contributed by atoms with Crippen molar-refractivity contribution in [2.45, 2.75) is 40.5 Å². The third-order valence-corrected chi connectivity index (χ3v) is 4.20. The van der Waals surface area contributed by atoms with Gasteiger partial charge in [-0.25, -0.2) is 0 Å². The largest absolute Gasteiger partial charge is 0.481 e. The van der Waals surface area contributed by atoms with Gasteiger partial charge in [0.05, 0.1) is 5.41 Å². The van der Waals surface area contributed by atoms with E-state index in [2.05, 4.69) is 20.8 Å². The van der Waals surface area contributed by atoms with Crippen LogP contribution in [-0.4, -0.2) is 11.1 Å². The van der Waals surface area contributed by atoms with E-state index < -0.39 is 11.4 Å². The van der Waals surface area contributed by atoms with E-state index in [1.54, 1.807) is 0 Å². The molecule has 2 nitrogen and oxygen atoms in total. The maximum Gasteiger partial charge on any atom is 0.309 e. The first-order valence-corrected chi connectivity index (χ1v) is 4.56. The lowest BCUT2D eigenvalue weighted by molar-refractivity contribution is -0.154. The molecule has 0 aromatic carbocycles. The van der Waals surface area contributed by atoms with Crippen LogP contribution < -0.4 is 0 Å². The van der Waals surface area contributed by atoms with Crippen molar-refractivity contribution in [2.24, 2.45) is 16.7 Å². The Labute approximate surface area is 74.0 Å². The van der Waals surface area contributed by atoms with Crippen LogP contribution in [0.25, 0.3) is 0 Å². The molecule has 0 bridgehead atoms. The SMILES string of the molecule is C[C@@H]1CC[C@@](C)(C(=O)O)C1(C)C. The Morgan fingerprint density at radius 2 is 1.92 bits per heavy atom. The molecule has 0 spiro atoms. The first-order chi connectivity index (χ1) is 5.32. The van der Waals surface area contributed by atoms with Gasteiger partial charge < -0.3 is 5.11 Å². The summed E-state index contributed by atoms with van der Waals surface area (Å²) in [6.45, 7) is 8.16. The maximum absolute atomic E-state index is 11.1. The number of carboxylic acid groups (broad SMARTS) is 1. The molecule has 0 unspecified atom stereocenters. The molecule has 0 aromatic heterocycles. The van der Waals surface area contributed by atoms with Gasteiger partial charge in [-0.15, -0.1) is 0 Å². The lowest BCUT2D eigenvalue weighted by atomic mass is 9.66. The summed E-state index contributed by atoms with van der Waals surface area (Å²) in [5.74, 6) is -0.129. The van der Waals surface area contributed by atoms with E-state index in [-0.39, 0.29) is 5.41 Å². The molecule has 0 heterocycles. The number of hydrogen-bond donors (Lipinski definition) is 1. The molecular formula is C10H18O2. The number of hydrogen-bond acceptors (Lipinski definition) is 1. The zero-order chi connectivity index (χ0) is 9.57. The van der Waals surface area contributed by atoms with Crippen LogP contribution in [0.1, 0.15) is 40.5 Å². The normalized spacial score (nSPS) is 39.8. The van der Waals surface area contributed by atoms with Gasteiger partial charge in [0.2, 0.25) is 0 Å². The Morgan fingerprint density at radius 1 is 1.42 bits per heavy atom. The van der Waals surface area contributed by atoms with Crippen molar-refractivity contribution in [3.8, 4) is 0 Å². The Bertz CT molecular complexity index is 208. The highest BCUT2D eigenvalue weighted by Gasteiger charge is 2.54. The highest BCUT2D eigenvalue weighted by atomic mass is 16.4. The smallest absolute Gasteiger partial charge is 0.309 e. The highest BCUT2D eigenvalue weighted by Crippen LogP contribution is 2.55. The van der Waals surface area contributed by atoms with Crippen molar-refractivity contribution in [1.29, 1.82) is 0 Å². The highest BCUT2D eigenvalue weighted by molar-refractivity contribution is 5.75. The monoisotopic (exact) mass is 170 g/mol. The molecule has 12 heavy (non-hydrogen) atoms. The Kier molecular flexibility index (Phi) is 1.97. The van der Waals surface area contributed by atoms with Crippen molar-refractivity contribution >= 4 is 5.97 Å². The molecule has 0 amide bonds. The fourth-order valence-corrected chi connectivity index (χ4v) is 2.11. The van der Waals surface area contributed by atoms with E-state index in [4.69, 9.17) is 5.11 Å². The molecule has 2 heteroatoms. The second-order valence-electron chi connectivity index (χ2n) is 4.80. The van der Waals surface area contributed by atoms with Crippen molar-refractivity contribution in [1.82, 2.24) is 0 Å². The summed E-state index contributed by atoms with van der Waals surface area (Å²) in [6, 6.07) is 0. The Hall–Kier alpha value is -0.530. The van der Waals surface area contributed by atoms with Gasteiger partial charge in [-0.05, 0) is 31.1 Å². The van der Waals surface area contributed by atoms with Crippen LogP contribution >= 0.6 is 0 Å². The summed E-state index contributed by atoms with van der Waals surface area (Å²) >= 11 is 0. The number of rotatable bonds is 1. The predicted molar refractivity (Wildman–Crippen MR) is 47.9 cm³/mol. The zero-order valence-electron chi connectivity index (χ0n) is 8.35. The van der Waals surface area contributed by atoms with Gasteiger partial charge >= 0.3 is 5.97 Å². The minimum atomic E-state index is -0.642. The third-order valence-electron chi connectivity index (χ3n) is 4.20. The third kappa shape index (κ3) is 0.970. The van der Waals surface area contributed by atoms with Gasteiger partial charge in [-0.2, -0.15) is 0 Å². The van der Waals surface area contributed by atoms with E-state index >= 15 is 0 Å². The van der Waals surface area contributed by atoms with Crippen LogP contribution in [-0.2, 0) is 4.79 Å². The van der Waals surface area contributed by atoms with Gasteiger partial charge in [-0.1, -0.05) is 20.8 Å². The molecule has 1 fully saturated rings. The van der Waals surface area contributed by atoms with Crippen LogP contribution in [0.15, 0.2) is 0 Å². The van der Waals surface area contributed by atoms with Crippen molar-refractivity contribution in [3.63, 3.8) is 0 Å². The van der Waals surface area contributed by atoms with Crippen molar-refractivity contribution < 1.29 is 9.90 Å². The predicted octanol–water partition coefficient (Wildman–Crippen LogP) is 2.53. The summed E-state index contributed by atoms with van der Waals surface area (Å²) in [7, 11) is 0. The topological polar surface area (TPSA) is 37.3 Å². The minimum absolute atomic E-state index is 0.0706. The summed E-state index contributed by atoms with van der Waals surface area (Å²) in [5.41, 5.74) is -0.592. The quantitative estimate of drug-likeness (QED) is 0.656. The van der Waals surface area contributed by atoms with Gasteiger partial charge in [0.1, 0.15) is 0 Å². The van der Waals surface area contributed by atoms with E-state index in [0.29, 0.717) is 5.92 Å². The molecule has 1 aliphatic carbocycles. The summed E-state index contributed by atoms with van der Waals surface area (Å²) < 4.78 is 0. The van der Waals surface area contributed by atoms with Gasteiger partial charge in [-0.3, -0.25) is 4.79 Å². The van der Waals surface area contributed by atoms with Gasteiger partial charge in [0, 0.05) is 0 Å². The maximum atomic E-state index is 11.1. The molecule has 0 saturated heterocycles. The molecule has 0 aliphatic heterocycles. The van der Waals surface area contributed by atoms with Crippen LogP contribution in [0.5, 0.6) is 0 Å². The van der Waals surface area contributed by atoms with Crippen LogP contribution in [0.3, 0.4) is 0 Å². The summed E-state index contributed by atoms with van der Waals surface area (Å²) in [6.07, 6.45) is 1.85. The van der Waals surface area contributed by atoms with Crippen LogP contribution in [0, 0.1) is 16.7 Å². The van der Waals surface area contributed by atoms with E-state index in [0.717, 1.165) is 12.8 Å². The van der Waals surface area contributed by atoms with Crippen LogP contribution in [0.2, 0.25) is 0 Å². The molecule has 0 aromatic rings. The van der Waals surface area contributed by atoms with Crippen molar-refractivity contribution in [3.05, 3.63) is 0 Å². The van der Waals surface area contributed by atoms with Gasteiger partial charge in [0.15, 0.2) is 0 Å². The fourth-order valence-electron chi connectivity index (χ4n) is 2.11. The van der Waals surface area contributed by atoms with Gasteiger partial charge in [0.25, 0.3) is 0 Å². The van der Waals surface area contributed by atoms with E-state index in [1.165, 1.54) is 0 Å². The molecular weight excluding hydrogens is 152 g/mol. The molecule has 1 aliphatic rings. The summed E-state index contributed by atoms with van der Waals surface area (Å²) in [5, 5.41) is 9.13. The summed E-state index contributed by atoms with van der Waals surface area (Å²) in [4.78, 5) is 11.1.